The van der Waals surface area contributed by atoms with Crippen molar-refractivity contribution < 1.29 is 19.5 Å². The van der Waals surface area contributed by atoms with E-state index in [0.717, 1.165) is 11.8 Å². The number of carbonyl (C=O) groups excluding carboxylic acids is 2. The number of carboxylic acids is 1. The van der Waals surface area contributed by atoms with Crippen LogP contribution in [0.4, 0.5) is 0 Å². The van der Waals surface area contributed by atoms with E-state index in [1.54, 1.807) is 0 Å². The molecule has 0 aliphatic carbocycles. The van der Waals surface area contributed by atoms with Crippen LogP contribution in [0.1, 0.15) is 20.8 Å². The summed E-state index contributed by atoms with van der Waals surface area (Å²) >= 11 is 1.16. The van der Waals surface area contributed by atoms with Crippen molar-refractivity contribution in [2.75, 3.05) is 11.5 Å². The molecule has 0 radical (unpaired) electrons. The Bertz CT molecular complexity index is 289. The molecule has 0 fully saturated rings. The van der Waals surface area contributed by atoms with Crippen LogP contribution >= 0.6 is 11.8 Å². The summed E-state index contributed by atoms with van der Waals surface area (Å²) in [7, 11) is 0. The van der Waals surface area contributed by atoms with Crippen LogP contribution in [-0.4, -0.2) is 46.5 Å². The Morgan fingerprint density at radius 3 is 2.41 bits per heavy atom. The van der Waals surface area contributed by atoms with Crippen molar-refractivity contribution in [2.24, 2.45) is 0 Å². The first kappa shape index (κ1) is 15.8. The number of nitrogens with one attached hydrogen (secondary N) is 2. The minimum atomic E-state index is -1.11. The smallest absolute Gasteiger partial charge is 0.327 e. The zero-order chi connectivity index (χ0) is 13.5. The first-order valence-corrected chi connectivity index (χ1v) is 6.23. The van der Waals surface area contributed by atoms with Gasteiger partial charge in [-0.25, -0.2) is 4.79 Å². The molecule has 6 nitrogen and oxygen atoms in total. The molecular weight excluding hydrogens is 244 g/mol. The molecule has 0 aromatic rings. The molecule has 1 atom stereocenters. The van der Waals surface area contributed by atoms with E-state index in [0.29, 0.717) is 6.41 Å². The van der Waals surface area contributed by atoms with Gasteiger partial charge in [0.25, 0.3) is 0 Å². The zero-order valence-electron chi connectivity index (χ0n) is 10.1. The minimum absolute atomic E-state index is 0.155. The highest BCUT2D eigenvalue weighted by Crippen LogP contribution is 2.05. The number of rotatable bonds is 7. The molecule has 0 spiro atoms. The van der Waals surface area contributed by atoms with Gasteiger partial charge in [0.1, 0.15) is 6.04 Å². The first-order chi connectivity index (χ1) is 7.76. The third-order valence-corrected chi connectivity index (χ3v) is 2.63. The number of carbonyl (C=O) groups is 3. The molecule has 98 valence electrons. The molecule has 0 aliphatic rings. The van der Waals surface area contributed by atoms with Crippen LogP contribution in [0.3, 0.4) is 0 Å². The highest BCUT2D eigenvalue weighted by Gasteiger charge is 2.18. The van der Waals surface area contributed by atoms with Crippen molar-refractivity contribution >= 4 is 30.0 Å². The SMILES string of the molecule is CC(C)(C)NC(=O)CSCC(NC=O)C(=O)O. The largest absolute Gasteiger partial charge is 0.480 e. The molecular formula is C10H18N2O4S. The normalized spacial score (nSPS) is 12.6. The Hall–Kier alpha value is -1.24. The number of aliphatic carboxylic acids is 1. The molecule has 7 heteroatoms. The third-order valence-electron chi connectivity index (χ3n) is 1.60. The Kier molecular flexibility index (Phi) is 6.64. The maximum absolute atomic E-state index is 11.4. The molecule has 1 unspecified atom stereocenters. The van der Waals surface area contributed by atoms with Crippen LogP contribution in [0.5, 0.6) is 0 Å². The highest BCUT2D eigenvalue weighted by atomic mass is 32.2. The standard InChI is InChI=1S/C10H18N2O4S/c1-10(2,3)12-8(14)5-17-4-7(9(15)16)11-6-13/h6-7H,4-5H2,1-3H3,(H,11,13)(H,12,14)(H,15,16). The lowest BCUT2D eigenvalue weighted by molar-refractivity contribution is -0.139. The van der Waals surface area contributed by atoms with Gasteiger partial charge < -0.3 is 15.7 Å². The molecule has 0 bridgehead atoms. The quantitative estimate of drug-likeness (QED) is 0.554. The molecule has 0 aromatic heterocycles. The molecule has 0 aromatic carbocycles. The average molecular weight is 262 g/mol. The summed E-state index contributed by atoms with van der Waals surface area (Å²) < 4.78 is 0. The fourth-order valence-electron chi connectivity index (χ4n) is 0.997. The van der Waals surface area contributed by atoms with Crippen LogP contribution in [0.25, 0.3) is 0 Å². The summed E-state index contributed by atoms with van der Waals surface area (Å²) in [6.45, 7) is 5.59. The van der Waals surface area contributed by atoms with Crippen molar-refractivity contribution in [2.45, 2.75) is 32.4 Å². The maximum Gasteiger partial charge on any atom is 0.327 e. The van der Waals surface area contributed by atoms with Crippen LogP contribution in [0, 0.1) is 0 Å². The second kappa shape index (κ2) is 7.16. The molecule has 0 saturated carbocycles. The predicted octanol–water partition coefficient (Wildman–Crippen LogP) is -0.166. The van der Waals surface area contributed by atoms with Crippen LogP contribution in [-0.2, 0) is 14.4 Å². The van der Waals surface area contributed by atoms with E-state index < -0.39 is 12.0 Å². The van der Waals surface area contributed by atoms with E-state index >= 15 is 0 Å². The van der Waals surface area contributed by atoms with E-state index in [1.807, 2.05) is 20.8 Å². The van der Waals surface area contributed by atoms with Crippen molar-refractivity contribution in [3.05, 3.63) is 0 Å². The van der Waals surface area contributed by atoms with Gasteiger partial charge in [-0.05, 0) is 20.8 Å². The van der Waals surface area contributed by atoms with Gasteiger partial charge >= 0.3 is 5.97 Å². The Balaban J connectivity index is 3.92. The Labute approximate surface area is 105 Å². The van der Waals surface area contributed by atoms with E-state index in [-0.39, 0.29) is 23.0 Å². The third kappa shape index (κ3) is 8.56. The van der Waals surface area contributed by atoms with Crippen molar-refractivity contribution in [3.63, 3.8) is 0 Å². The van der Waals surface area contributed by atoms with E-state index in [1.165, 1.54) is 0 Å². The average Bonchev–Trinajstić information content (AvgIpc) is 2.13. The number of carboxylic acid groups (broad SMARTS) is 1. The number of hydrogen-bond donors (Lipinski definition) is 3. The molecule has 2 amide bonds. The molecule has 17 heavy (non-hydrogen) atoms. The first-order valence-electron chi connectivity index (χ1n) is 5.07. The lowest BCUT2D eigenvalue weighted by Gasteiger charge is -2.20. The van der Waals surface area contributed by atoms with Gasteiger partial charge in [0.05, 0.1) is 5.75 Å². The minimum Gasteiger partial charge on any atom is -0.480 e. The fraction of sp³-hybridized carbons (Fsp3) is 0.700. The van der Waals surface area contributed by atoms with E-state index in [9.17, 15) is 14.4 Å². The monoisotopic (exact) mass is 262 g/mol. The second-order valence-electron chi connectivity index (χ2n) is 4.49. The zero-order valence-corrected chi connectivity index (χ0v) is 11.0. The highest BCUT2D eigenvalue weighted by molar-refractivity contribution is 8.00. The van der Waals surface area contributed by atoms with Gasteiger partial charge in [-0.1, -0.05) is 0 Å². The van der Waals surface area contributed by atoms with E-state index in [2.05, 4.69) is 10.6 Å². The summed E-state index contributed by atoms with van der Waals surface area (Å²) in [5, 5.41) is 13.6. The topological polar surface area (TPSA) is 95.5 Å². The van der Waals surface area contributed by atoms with Crippen LogP contribution in [0.15, 0.2) is 0 Å². The number of hydrogen-bond acceptors (Lipinski definition) is 4. The van der Waals surface area contributed by atoms with Gasteiger partial charge in [-0.3, -0.25) is 9.59 Å². The van der Waals surface area contributed by atoms with Crippen LogP contribution < -0.4 is 10.6 Å². The molecule has 0 rings (SSSR count). The van der Waals surface area contributed by atoms with Crippen LogP contribution in [0.2, 0.25) is 0 Å². The van der Waals surface area contributed by atoms with Gasteiger partial charge in [0.15, 0.2) is 0 Å². The van der Waals surface area contributed by atoms with Gasteiger partial charge in [0, 0.05) is 11.3 Å². The maximum atomic E-state index is 11.4. The van der Waals surface area contributed by atoms with Crippen molar-refractivity contribution in [1.82, 2.24) is 10.6 Å². The number of thioether (sulfide) groups is 1. The molecule has 0 aliphatic heterocycles. The Morgan fingerprint density at radius 2 is 2.00 bits per heavy atom. The summed E-state index contributed by atoms with van der Waals surface area (Å²) in [5.74, 6) is -0.939. The summed E-state index contributed by atoms with van der Waals surface area (Å²) in [4.78, 5) is 32.2. The molecule has 3 N–H and O–H groups in total. The summed E-state index contributed by atoms with van der Waals surface area (Å²) in [6, 6.07) is -0.958. The van der Waals surface area contributed by atoms with Gasteiger partial charge in [0.2, 0.25) is 12.3 Å². The fourth-order valence-corrected chi connectivity index (χ4v) is 1.85. The second-order valence-corrected chi connectivity index (χ2v) is 5.52. The number of amides is 2. The lowest BCUT2D eigenvalue weighted by atomic mass is 10.1. The lowest BCUT2D eigenvalue weighted by Crippen LogP contribution is -2.42. The predicted molar refractivity (Wildman–Crippen MR) is 65.8 cm³/mol. The molecule has 0 saturated heterocycles. The van der Waals surface area contributed by atoms with Crippen molar-refractivity contribution in [3.8, 4) is 0 Å². The summed E-state index contributed by atoms with van der Waals surface area (Å²) in [6.07, 6.45) is 0.342. The molecule has 0 heterocycles. The van der Waals surface area contributed by atoms with Gasteiger partial charge in [-0.2, -0.15) is 0 Å². The Morgan fingerprint density at radius 1 is 1.41 bits per heavy atom. The van der Waals surface area contributed by atoms with Gasteiger partial charge in [-0.15, -0.1) is 11.8 Å². The summed E-state index contributed by atoms with van der Waals surface area (Å²) in [5.41, 5.74) is -0.301. The van der Waals surface area contributed by atoms with E-state index in [4.69, 9.17) is 5.11 Å². The van der Waals surface area contributed by atoms with Crippen molar-refractivity contribution in [1.29, 1.82) is 0 Å².